The molecule has 2 aromatic rings. The summed E-state index contributed by atoms with van der Waals surface area (Å²) >= 11 is 0. The molecule has 1 radical (unpaired) electrons. The lowest BCUT2D eigenvalue weighted by Gasteiger charge is -2.01. The van der Waals surface area contributed by atoms with Crippen LogP contribution in [0.25, 0.3) is 0 Å². The molecule has 0 fully saturated rings. The number of aromatic nitrogens is 2. The van der Waals surface area contributed by atoms with Crippen LogP contribution in [0, 0.1) is 12.2 Å². The van der Waals surface area contributed by atoms with Crippen LogP contribution in [0.3, 0.4) is 0 Å². The third kappa shape index (κ3) is 2.91. The van der Waals surface area contributed by atoms with Gasteiger partial charge in [0.15, 0.2) is 0 Å². The zero-order valence-corrected chi connectivity index (χ0v) is 8.31. The van der Waals surface area contributed by atoms with Gasteiger partial charge in [-0.2, -0.15) is 5.10 Å². The molecule has 1 aromatic heterocycles. The molecule has 0 aliphatic carbocycles. The normalized spacial score (nSPS) is 10.5. The lowest BCUT2D eigenvalue weighted by Crippen LogP contribution is -1.98. The lowest BCUT2D eigenvalue weighted by atomic mass is 10.1. The maximum Gasteiger partial charge on any atom is 0.123 e. The predicted octanol–water partition coefficient (Wildman–Crippen LogP) is 2.66. The topological polar surface area (TPSA) is 17.8 Å². The minimum atomic E-state index is -0.195. The molecule has 0 spiro atoms. The summed E-state index contributed by atoms with van der Waals surface area (Å²) in [5.41, 5.74) is 1.04. The fraction of sp³-hybridized carbons (Fsp3) is 0.167. The Morgan fingerprint density at radius 3 is 2.73 bits per heavy atom. The summed E-state index contributed by atoms with van der Waals surface area (Å²) in [6.45, 7) is 0.852. The molecule has 3 heteroatoms. The first-order valence-electron chi connectivity index (χ1n) is 4.91. The molecule has 15 heavy (non-hydrogen) atoms. The third-order valence-electron chi connectivity index (χ3n) is 2.17. The third-order valence-corrected chi connectivity index (χ3v) is 2.17. The van der Waals surface area contributed by atoms with Crippen molar-refractivity contribution in [1.29, 1.82) is 0 Å². The van der Waals surface area contributed by atoms with Crippen molar-refractivity contribution in [2.24, 2.45) is 0 Å². The highest BCUT2D eigenvalue weighted by Gasteiger charge is 1.95. The predicted molar refractivity (Wildman–Crippen MR) is 56.6 cm³/mol. The van der Waals surface area contributed by atoms with Crippen LogP contribution in [0.1, 0.15) is 12.0 Å². The first-order chi connectivity index (χ1) is 7.34. The number of halogens is 1. The van der Waals surface area contributed by atoms with E-state index in [0.29, 0.717) is 0 Å². The Kier molecular flexibility index (Phi) is 3.12. The van der Waals surface area contributed by atoms with E-state index < -0.39 is 0 Å². The van der Waals surface area contributed by atoms with Gasteiger partial charge in [-0.25, -0.2) is 4.39 Å². The van der Waals surface area contributed by atoms with Crippen LogP contribution < -0.4 is 0 Å². The first-order valence-corrected chi connectivity index (χ1v) is 4.91. The molecule has 0 unspecified atom stereocenters. The van der Waals surface area contributed by atoms with Crippen molar-refractivity contribution in [1.82, 2.24) is 9.78 Å². The van der Waals surface area contributed by atoms with Crippen LogP contribution in [0.2, 0.25) is 0 Å². The van der Waals surface area contributed by atoms with Gasteiger partial charge in [0.05, 0.1) is 0 Å². The average Bonchev–Trinajstić information content (AvgIpc) is 2.74. The van der Waals surface area contributed by atoms with Gasteiger partial charge in [0.25, 0.3) is 0 Å². The van der Waals surface area contributed by atoms with E-state index in [0.717, 1.165) is 18.5 Å². The fourth-order valence-electron chi connectivity index (χ4n) is 1.40. The Morgan fingerprint density at radius 2 is 2.07 bits per heavy atom. The van der Waals surface area contributed by atoms with Crippen molar-refractivity contribution in [3.05, 3.63) is 60.5 Å². The second-order valence-corrected chi connectivity index (χ2v) is 3.31. The Balaban J connectivity index is 1.81. The number of rotatable bonds is 4. The summed E-state index contributed by atoms with van der Waals surface area (Å²) in [6.07, 6.45) is 6.66. The zero-order valence-electron chi connectivity index (χ0n) is 8.31. The highest BCUT2D eigenvalue weighted by molar-refractivity contribution is 5.22. The van der Waals surface area contributed by atoms with Crippen molar-refractivity contribution in [3.63, 3.8) is 0 Å². The molecular formula is C12H12FN2. The van der Waals surface area contributed by atoms with Gasteiger partial charge in [0.1, 0.15) is 5.82 Å². The van der Waals surface area contributed by atoms with Crippen LogP contribution in [0.15, 0.2) is 42.7 Å². The van der Waals surface area contributed by atoms with Crippen LogP contribution in [0.5, 0.6) is 0 Å². The maximum absolute atomic E-state index is 12.6. The molecule has 0 aliphatic heterocycles. The van der Waals surface area contributed by atoms with Gasteiger partial charge < -0.3 is 0 Å². The Hall–Kier alpha value is -1.64. The molecule has 1 aromatic carbocycles. The summed E-state index contributed by atoms with van der Waals surface area (Å²) in [7, 11) is 0. The zero-order chi connectivity index (χ0) is 10.5. The Bertz CT molecular complexity index is 392. The minimum absolute atomic E-state index is 0.195. The van der Waals surface area contributed by atoms with Crippen molar-refractivity contribution >= 4 is 0 Å². The second-order valence-electron chi connectivity index (χ2n) is 3.31. The number of benzene rings is 1. The summed E-state index contributed by atoms with van der Waals surface area (Å²) < 4.78 is 14.5. The van der Waals surface area contributed by atoms with Gasteiger partial charge in [-0.15, -0.1) is 0 Å². The number of aryl methyl sites for hydroxylation is 1. The molecule has 0 N–H and O–H groups in total. The second kappa shape index (κ2) is 4.73. The van der Waals surface area contributed by atoms with E-state index in [1.54, 1.807) is 18.3 Å². The SMILES string of the molecule is Fc1ccc([CH]CCn2cccn2)cc1. The van der Waals surface area contributed by atoms with E-state index in [1.807, 2.05) is 16.9 Å². The highest BCUT2D eigenvalue weighted by Crippen LogP contribution is 2.07. The quantitative estimate of drug-likeness (QED) is 0.747. The van der Waals surface area contributed by atoms with E-state index in [1.165, 1.54) is 12.1 Å². The van der Waals surface area contributed by atoms with Crippen molar-refractivity contribution in [3.8, 4) is 0 Å². The average molecular weight is 203 g/mol. The molecule has 0 amide bonds. The minimum Gasteiger partial charge on any atom is -0.273 e. The number of hydrogen-bond acceptors (Lipinski definition) is 1. The molecule has 0 atom stereocenters. The van der Waals surface area contributed by atoms with Gasteiger partial charge in [0, 0.05) is 18.9 Å². The molecule has 0 saturated heterocycles. The lowest BCUT2D eigenvalue weighted by molar-refractivity contribution is 0.612. The van der Waals surface area contributed by atoms with Crippen LogP contribution in [0.4, 0.5) is 4.39 Å². The fourth-order valence-corrected chi connectivity index (χ4v) is 1.40. The molecule has 0 saturated carbocycles. The van der Waals surface area contributed by atoms with Crippen LogP contribution in [-0.2, 0) is 6.54 Å². The standard InChI is InChI=1S/C12H12FN2/c13-12-6-4-11(5-7-12)3-1-9-15-10-2-8-14-15/h2-8,10H,1,9H2. The van der Waals surface area contributed by atoms with Crippen molar-refractivity contribution in [2.75, 3.05) is 0 Å². The highest BCUT2D eigenvalue weighted by atomic mass is 19.1. The van der Waals surface area contributed by atoms with Gasteiger partial charge in [-0.05, 0) is 36.6 Å². The van der Waals surface area contributed by atoms with E-state index in [-0.39, 0.29) is 5.82 Å². The van der Waals surface area contributed by atoms with E-state index in [9.17, 15) is 4.39 Å². The molecule has 0 bridgehead atoms. The summed E-state index contributed by atoms with van der Waals surface area (Å²) in [5.74, 6) is -0.195. The maximum atomic E-state index is 12.6. The van der Waals surface area contributed by atoms with E-state index in [4.69, 9.17) is 0 Å². The van der Waals surface area contributed by atoms with Crippen LogP contribution >= 0.6 is 0 Å². The summed E-state index contributed by atoms with van der Waals surface area (Å²) in [6, 6.07) is 8.40. The van der Waals surface area contributed by atoms with Gasteiger partial charge in [-0.3, -0.25) is 4.68 Å². The van der Waals surface area contributed by atoms with Gasteiger partial charge in [0.2, 0.25) is 0 Å². The molecule has 2 rings (SSSR count). The largest absolute Gasteiger partial charge is 0.273 e. The summed E-state index contributed by atoms with van der Waals surface area (Å²) in [5, 5.41) is 4.10. The smallest absolute Gasteiger partial charge is 0.123 e. The first kappa shape index (κ1) is 9.90. The molecule has 77 valence electrons. The van der Waals surface area contributed by atoms with E-state index in [2.05, 4.69) is 11.5 Å². The Morgan fingerprint density at radius 1 is 1.27 bits per heavy atom. The van der Waals surface area contributed by atoms with Crippen LogP contribution in [-0.4, -0.2) is 9.78 Å². The molecule has 1 heterocycles. The molecule has 0 aliphatic rings. The Labute approximate surface area is 88.4 Å². The van der Waals surface area contributed by atoms with E-state index >= 15 is 0 Å². The van der Waals surface area contributed by atoms with Gasteiger partial charge >= 0.3 is 0 Å². The van der Waals surface area contributed by atoms with Crippen molar-refractivity contribution < 1.29 is 4.39 Å². The number of nitrogens with zero attached hydrogens (tertiary/aromatic N) is 2. The van der Waals surface area contributed by atoms with Crippen molar-refractivity contribution in [2.45, 2.75) is 13.0 Å². The number of hydrogen-bond donors (Lipinski definition) is 0. The monoisotopic (exact) mass is 203 g/mol. The molecule has 2 nitrogen and oxygen atoms in total. The summed E-state index contributed by atoms with van der Waals surface area (Å²) in [4.78, 5) is 0. The van der Waals surface area contributed by atoms with Gasteiger partial charge in [-0.1, -0.05) is 12.1 Å². The molecular weight excluding hydrogens is 191 g/mol.